The van der Waals surface area contributed by atoms with Gasteiger partial charge in [-0.15, -0.1) is 11.8 Å². The Kier molecular flexibility index (Phi) is 5.69. The van der Waals surface area contributed by atoms with Gasteiger partial charge >= 0.3 is 0 Å². The lowest BCUT2D eigenvalue weighted by molar-refractivity contribution is 0.242. The third-order valence-electron chi connectivity index (χ3n) is 2.24. The molecule has 0 atom stereocenters. The summed E-state index contributed by atoms with van der Waals surface area (Å²) in [6.45, 7) is 8.53. The van der Waals surface area contributed by atoms with Crippen LogP contribution in [0.4, 0.5) is 5.69 Å². The second-order valence-electron chi connectivity index (χ2n) is 4.94. The number of hydrogen-bond donors (Lipinski definition) is 1. The summed E-state index contributed by atoms with van der Waals surface area (Å²) in [4.78, 5) is 1.20. The van der Waals surface area contributed by atoms with E-state index in [0.29, 0.717) is 0 Å². The van der Waals surface area contributed by atoms with Gasteiger partial charge in [0.15, 0.2) is 0 Å². The minimum atomic E-state index is 0.185. The van der Waals surface area contributed by atoms with Crippen LogP contribution in [0, 0.1) is 5.92 Å². The SMILES string of the molecule is CC(C)CCSc1cc(N)cc(OC(C)C)c1. The van der Waals surface area contributed by atoms with E-state index in [-0.39, 0.29) is 6.10 Å². The number of nitrogen functional groups attached to an aromatic ring is 1. The summed E-state index contributed by atoms with van der Waals surface area (Å²) >= 11 is 1.84. The summed E-state index contributed by atoms with van der Waals surface area (Å²) in [5, 5.41) is 0. The van der Waals surface area contributed by atoms with Crippen molar-refractivity contribution in [3.05, 3.63) is 18.2 Å². The summed E-state index contributed by atoms with van der Waals surface area (Å²) in [5.41, 5.74) is 6.65. The highest BCUT2D eigenvalue weighted by Crippen LogP contribution is 2.28. The molecule has 1 aromatic carbocycles. The van der Waals surface area contributed by atoms with Crippen molar-refractivity contribution >= 4 is 17.4 Å². The third-order valence-corrected chi connectivity index (χ3v) is 3.25. The smallest absolute Gasteiger partial charge is 0.122 e. The molecule has 0 spiro atoms. The van der Waals surface area contributed by atoms with Gasteiger partial charge < -0.3 is 10.5 Å². The van der Waals surface area contributed by atoms with Gasteiger partial charge in [0.1, 0.15) is 5.75 Å². The first-order valence-electron chi connectivity index (χ1n) is 6.17. The van der Waals surface area contributed by atoms with Crippen molar-refractivity contribution in [2.45, 2.75) is 45.1 Å². The van der Waals surface area contributed by atoms with Gasteiger partial charge in [0.05, 0.1) is 6.10 Å². The molecule has 1 aromatic rings. The molecule has 17 heavy (non-hydrogen) atoms. The maximum Gasteiger partial charge on any atom is 0.122 e. The largest absolute Gasteiger partial charge is 0.491 e. The Morgan fingerprint density at radius 2 is 1.88 bits per heavy atom. The van der Waals surface area contributed by atoms with E-state index in [1.54, 1.807) is 0 Å². The maximum atomic E-state index is 5.87. The quantitative estimate of drug-likeness (QED) is 0.610. The topological polar surface area (TPSA) is 35.2 Å². The van der Waals surface area contributed by atoms with Crippen molar-refractivity contribution in [2.24, 2.45) is 5.92 Å². The van der Waals surface area contributed by atoms with Gasteiger partial charge in [0.25, 0.3) is 0 Å². The van der Waals surface area contributed by atoms with Crippen molar-refractivity contribution in [2.75, 3.05) is 11.5 Å². The van der Waals surface area contributed by atoms with Crippen LogP contribution in [0.25, 0.3) is 0 Å². The monoisotopic (exact) mass is 253 g/mol. The first kappa shape index (κ1) is 14.2. The Bertz CT molecular complexity index is 350. The fraction of sp³-hybridized carbons (Fsp3) is 0.571. The normalized spacial score (nSPS) is 11.2. The molecule has 0 amide bonds. The summed E-state index contributed by atoms with van der Waals surface area (Å²) in [6, 6.07) is 5.96. The number of anilines is 1. The molecule has 0 aromatic heterocycles. The Labute approximate surface area is 109 Å². The Morgan fingerprint density at radius 1 is 1.18 bits per heavy atom. The Balaban J connectivity index is 2.62. The Hall–Kier alpha value is -0.830. The van der Waals surface area contributed by atoms with Gasteiger partial charge in [-0.05, 0) is 44.1 Å². The van der Waals surface area contributed by atoms with Crippen molar-refractivity contribution < 1.29 is 4.74 Å². The van der Waals surface area contributed by atoms with Gasteiger partial charge in [0, 0.05) is 16.6 Å². The minimum absolute atomic E-state index is 0.185. The minimum Gasteiger partial charge on any atom is -0.491 e. The lowest BCUT2D eigenvalue weighted by Crippen LogP contribution is -2.05. The first-order chi connectivity index (χ1) is 7.97. The Morgan fingerprint density at radius 3 is 2.47 bits per heavy atom. The van der Waals surface area contributed by atoms with Crippen molar-refractivity contribution in [1.82, 2.24) is 0 Å². The van der Waals surface area contributed by atoms with Crippen LogP contribution in [0.2, 0.25) is 0 Å². The predicted octanol–water partition coefficient (Wildman–Crippen LogP) is 4.19. The van der Waals surface area contributed by atoms with E-state index < -0.39 is 0 Å². The second kappa shape index (κ2) is 6.80. The molecule has 96 valence electrons. The molecule has 0 aliphatic carbocycles. The number of thioether (sulfide) groups is 1. The van der Waals surface area contributed by atoms with E-state index in [4.69, 9.17) is 10.5 Å². The molecule has 0 unspecified atom stereocenters. The van der Waals surface area contributed by atoms with Gasteiger partial charge in [-0.25, -0.2) is 0 Å². The van der Waals surface area contributed by atoms with Crippen LogP contribution in [0.1, 0.15) is 34.1 Å². The molecule has 0 saturated carbocycles. The fourth-order valence-corrected chi connectivity index (χ4v) is 2.67. The molecular weight excluding hydrogens is 230 g/mol. The summed E-state index contributed by atoms with van der Waals surface area (Å²) in [7, 11) is 0. The van der Waals surface area contributed by atoms with E-state index in [1.165, 1.54) is 11.3 Å². The molecule has 0 saturated heterocycles. The number of benzene rings is 1. The zero-order valence-electron chi connectivity index (χ0n) is 11.2. The number of ether oxygens (including phenoxy) is 1. The summed E-state index contributed by atoms with van der Waals surface area (Å²) in [5.74, 6) is 2.74. The maximum absolute atomic E-state index is 5.87. The fourth-order valence-electron chi connectivity index (χ4n) is 1.43. The van der Waals surface area contributed by atoms with E-state index >= 15 is 0 Å². The molecular formula is C14H23NOS. The molecule has 2 N–H and O–H groups in total. The number of nitrogens with two attached hydrogens (primary N) is 1. The van der Waals surface area contributed by atoms with E-state index in [0.717, 1.165) is 23.1 Å². The highest BCUT2D eigenvalue weighted by atomic mass is 32.2. The van der Waals surface area contributed by atoms with Crippen LogP contribution in [-0.4, -0.2) is 11.9 Å². The first-order valence-corrected chi connectivity index (χ1v) is 7.16. The summed E-state index contributed by atoms with van der Waals surface area (Å²) < 4.78 is 5.67. The second-order valence-corrected chi connectivity index (χ2v) is 6.10. The average Bonchev–Trinajstić information content (AvgIpc) is 2.14. The highest BCUT2D eigenvalue weighted by molar-refractivity contribution is 7.99. The van der Waals surface area contributed by atoms with Crippen LogP contribution in [0.15, 0.2) is 23.1 Å². The zero-order valence-corrected chi connectivity index (χ0v) is 12.0. The van der Waals surface area contributed by atoms with Crippen LogP contribution >= 0.6 is 11.8 Å². The number of rotatable bonds is 6. The van der Waals surface area contributed by atoms with Crippen molar-refractivity contribution in [1.29, 1.82) is 0 Å². The molecule has 1 rings (SSSR count). The molecule has 2 nitrogen and oxygen atoms in total. The van der Waals surface area contributed by atoms with Gasteiger partial charge in [0.2, 0.25) is 0 Å². The van der Waals surface area contributed by atoms with Gasteiger partial charge in [-0.1, -0.05) is 13.8 Å². The zero-order chi connectivity index (χ0) is 12.8. The predicted molar refractivity (Wildman–Crippen MR) is 76.8 cm³/mol. The van der Waals surface area contributed by atoms with E-state index in [1.807, 2.05) is 37.7 Å². The molecule has 0 heterocycles. The van der Waals surface area contributed by atoms with Crippen molar-refractivity contribution in [3.63, 3.8) is 0 Å². The van der Waals surface area contributed by atoms with Crippen LogP contribution in [-0.2, 0) is 0 Å². The van der Waals surface area contributed by atoms with Gasteiger partial charge in [-0.2, -0.15) is 0 Å². The highest BCUT2D eigenvalue weighted by Gasteiger charge is 2.03. The lowest BCUT2D eigenvalue weighted by atomic mass is 10.2. The van der Waals surface area contributed by atoms with Crippen LogP contribution in [0.5, 0.6) is 5.75 Å². The molecule has 0 bridgehead atoms. The number of hydrogen-bond acceptors (Lipinski definition) is 3. The lowest BCUT2D eigenvalue weighted by Gasteiger charge is -2.12. The van der Waals surface area contributed by atoms with E-state index in [2.05, 4.69) is 19.9 Å². The van der Waals surface area contributed by atoms with Crippen LogP contribution < -0.4 is 10.5 Å². The molecule has 0 fully saturated rings. The molecule has 0 radical (unpaired) electrons. The van der Waals surface area contributed by atoms with Crippen LogP contribution in [0.3, 0.4) is 0 Å². The average molecular weight is 253 g/mol. The third kappa shape index (κ3) is 5.87. The molecule has 3 heteroatoms. The molecule has 0 aliphatic rings. The molecule has 0 aliphatic heterocycles. The van der Waals surface area contributed by atoms with Crippen molar-refractivity contribution in [3.8, 4) is 5.75 Å². The summed E-state index contributed by atoms with van der Waals surface area (Å²) in [6.07, 6.45) is 1.41. The van der Waals surface area contributed by atoms with E-state index in [9.17, 15) is 0 Å². The standard InChI is InChI=1S/C14H23NOS/c1-10(2)5-6-17-14-8-12(15)7-13(9-14)16-11(3)4/h7-11H,5-6,15H2,1-4H3. The van der Waals surface area contributed by atoms with Gasteiger partial charge in [-0.3, -0.25) is 0 Å².